The van der Waals surface area contributed by atoms with E-state index in [1.54, 1.807) is 0 Å². The molecule has 2 heteroatoms. The molecule has 2 nitrogen and oxygen atoms in total. The lowest BCUT2D eigenvalue weighted by Gasteiger charge is -2.46. The van der Waals surface area contributed by atoms with E-state index >= 15 is 0 Å². The van der Waals surface area contributed by atoms with Crippen LogP contribution in [0.15, 0.2) is 0 Å². The summed E-state index contributed by atoms with van der Waals surface area (Å²) in [5.74, 6) is 0.834. The number of hydrogen-bond acceptors (Lipinski definition) is 2. The molecule has 1 unspecified atom stereocenters. The Labute approximate surface area is 67.4 Å². The first kappa shape index (κ1) is 7.12. The lowest BCUT2D eigenvalue weighted by Crippen LogP contribution is -2.49. The highest BCUT2D eigenvalue weighted by molar-refractivity contribution is 5.11. The van der Waals surface area contributed by atoms with Crippen LogP contribution in [0.25, 0.3) is 0 Å². The molecule has 3 aliphatic carbocycles. The highest BCUT2D eigenvalue weighted by Crippen LogP contribution is 2.48. The van der Waals surface area contributed by atoms with Crippen molar-refractivity contribution in [3.8, 4) is 6.07 Å². The molecule has 3 aliphatic rings. The largest absolute Gasteiger partial charge is 0.326 e. The first-order chi connectivity index (χ1) is 5.27. The molecule has 0 aromatic rings. The van der Waals surface area contributed by atoms with Crippen LogP contribution in [0.1, 0.15) is 32.1 Å². The Morgan fingerprint density at radius 1 is 1.36 bits per heavy atom. The van der Waals surface area contributed by atoms with Crippen LogP contribution in [-0.4, -0.2) is 6.04 Å². The van der Waals surface area contributed by atoms with Gasteiger partial charge in [-0.3, -0.25) is 0 Å². The summed E-state index contributed by atoms with van der Waals surface area (Å²) in [7, 11) is 0. The molecule has 0 aliphatic heterocycles. The first-order valence-electron chi connectivity index (χ1n) is 4.44. The van der Waals surface area contributed by atoms with Gasteiger partial charge < -0.3 is 5.73 Å². The summed E-state index contributed by atoms with van der Waals surface area (Å²) >= 11 is 0. The van der Waals surface area contributed by atoms with E-state index in [-0.39, 0.29) is 11.5 Å². The van der Waals surface area contributed by atoms with Crippen LogP contribution < -0.4 is 5.73 Å². The minimum Gasteiger partial charge on any atom is -0.326 e. The molecule has 0 radical (unpaired) electrons. The Bertz CT molecular complexity index is 196. The lowest BCUT2D eigenvalue weighted by molar-refractivity contribution is 0.0892. The van der Waals surface area contributed by atoms with Gasteiger partial charge >= 0.3 is 0 Å². The number of rotatable bonds is 0. The van der Waals surface area contributed by atoms with Crippen molar-refractivity contribution in [2.24, 2.45) is 17.1 Å². The fourth-order valence-electron chi connectivity index (χ4n) is 2.58. The summed E-state index contributed by atoms with van der Waals surface area (Å²) in [4.78, 5) is 0. The van der Waals surface area contributed by atoms with Gasteiger partial charge in [-0.2, -0.15) is 5.26 Å². The third-order valence-corrected chi connectivity index (χ3v) is 3.52. The molecule has 0 amide bonds. The van der Waals surface area contributed by atoms with E-state index in [2.05, 4.69) is 6.07 Å². The van der Waals surface area contributed by atoms with Gasteiger partial charge in [0.05, 0.1) is 11.5 Å². The zero-order valence-electron chi connectivity index (χ0n) is 6.71. The second-order valence-corrected chi connectivity index (χ2v) is 4.05. The molecule has 60 valence electrons. The average molecular weight is 150 g/mol. The lowest BCUT2D eigenvalue weighted by atomic mass is 9.59. The van der Waals surface area contributed by atoms with Crippen LogP contribution >= 0.6 is 0 Å². The van der Waals surface area contributed by atoms with Crippen LogP contribution in [0, 0.1) is 22.7 Å². The maximum atomic E-state index is 9.01. The number of fused-ring (bicyclic) bond motifs is 3. The fourth-order valence-corrected chi connectivity index (χ4v) is 2.58. The van der Waals surface area contributed by atoms with Gasteiger partial charge in [0.25, 0.3) is 0 Å². The number of nitriles is 1. The zero-order valence-corrected chi connectivity index (χ0v) is 6.71. The summed E-state index contributed by atoms with van der Waals surface area (Å²) in [5, 5.41) is 9.01. The SMILES string of the molecule is N#CC12CCC(CC1)CC2N. The molecular formula is C9H14N2. The van der Waals surface area contributed by atoms with Gasteiger partial charge in [0.2, 0.25) is 0 Å². The van der Waals surface area contributed by atoms with E-state index in [4.69, 9.17) is 11.0 Å². The van der Waals surface area contributed by atoms with Gasteiger partial charge in [-0.15, -0.1) is 0 Å². The summed E-state index contributed by atoms with van der Waals surface area (Å²) < 4.78 is 0. The van der Waals surface area contributed by atoms with Gasteiger partial charge in [0.15, 0.2) is 0 Å². The highest BCUT2D eigenvalue weighted by atomic mass is 14.7. The third-order valence-electron chi connectivity index (χ3n) is 3.52. The maximum absolute atomic E-state index is 9.01. The third kappa shape index (κ3) is 0.877. The van der Waals surface area contributed by atoms with Crippen molar-refractivity contribution in [1.82, 2.24) is 0 Å². The molecule has 0 spiro atoms. The smallest absolute Gasteiger partial charge is 0.0724 e. The van der Waals surface area contributed by atoms with Gasteiger partial charge in [0.1, 0.15) is 0 Å². The Hall–Kier alpha value is -0.550. The van der Waals surface area contributed by atoms with Crippen molar-refractivity contribution in [2.45, 2.75) is 38.1 Å². The number of nitrogens with zero attached hydrogens (tertiary/aromatic N) is 1. The van der Waals surface area contributed by atoms with Crippen LogP contribution in [0.4, 0.5) is 0 Å². The molecule has 0 aromatic heterocycles. The van der Waals surface area contributed by atoms with Gasteiger partial charge in [-0.1, -0.05) is 0 Å². The van der Waals surface area contributed by atoms with E-state index in [9.17, 15) is 0 Å². The Kier molecular flexibility index (Phi) is 1.43. The van der Waals surface area contributed by atoms with Gasteiger partial charge in [0, 0.05) is 6.04 Å². The molecule has 2 N–H and O–H groups in total. The van der Waals surface area contributed by atoms with Crippen molar-refractivity contribution >= 4 is 0 Å². The summed E-state index contributed by atoms with van der Waals surface area (Å²) in [5.41, 5.74) is 5.81. The molecule has 3 rings (SSSR count). The van der Waals surface area contributed by atoms with E-state index in [1.165, 1.54) is 12.8 Å². The predicted molar refractivity (Wildman–Crippen MR) is 42.6 cm³/mol. The van der Waals surface area contributed by atoms with Crippen LogP contribution in [0.3, 0.4) is 0 Å². The Morgan fingerprint density at radius 3 is 2.36 bits per heavy atom. The molecule has 0 aromatic carbocycles. The average Bonchev–Trinajstić information content (AvgIpc) is 2.07. The van der Waals surface area contributed by atoms with Crippen molar-refractivity contribution in [3.05, 3.63) is 0 Å². The Morgan fingerprint density at radius 2 is 2.00 bits per heavy atom. The summed E-state index contributed by atoms with van der Waals surface area (Å²) in [6.07, 6.45) is 5.67. The van der Waals surface area contributed by atoms with Crippen molar-refractivity contribution < 1.29 is 0 Å². The molecule has 3 saturated carbocycles. The van der Waals surface area contributed by atoms with E-state index in [0.29, 0.717) is 0 Å². The maximum Gasteiger partial charge on any atom is 0.0724 e. The van der Waals surface area contributed by atoms with Crippen LogP contribution in [-0.2, 0) is 0 Å². The first-order valence-corrected chi connectivity index (χ1v) is 4.44. The zero-order chi connectivity index (χ0) is 7.90. The standard InChI is InChI=1S/C9H14N2/c10-6-9-3-1-7(2-4-9)5-8(9)11/h7-8H,1-5,11H2. The molecular weight excluding hydrogens is 136 g/mol. The predicted octanol–water partition coefficient (Wildman–Crippen LogP) is 1.42. The quantitative estimate of drug-likeness (QED) is 0.567. The van der Waals surface area contributed by atoms with Crippen molar-refractivity contribution in [2.75, 3.05) is 0 Å². The number of nitrogens with two attached hydrogens (primary N) is 1. The molecule has 3 fully saturated rings. The van der Waals surface area contributed by atoms with Crippen molar-refractivity contribution in [1.29, 1.82) is 5.26 Å². The molecule has 11 heavy (non-hydrogen) atoms. The van der Waals surface area contributed by atoms with Crippen LogP contribution in [0.2, 0.25) is 0 Å². The van der Waals surface area contributed by atoms with Gasteiger partial charge in [-0.05, 0) is 38.0 Å². The fraction of sp³-hybridized carbons (Fsp3) is 0.889. The molecule has 2 bridgehead atoms. The van der Waals surface area contributed by atoms with Gasteiger partial charge in [-0.25, -0.2) is 0 Å². The van der Waals surface area contributed by atoms with E-state index in [1.807, 2.05) is 0 Å². The molecule has 1 atom stereocenters. The second-order valence-electron chi connectivity index (χ2n) is 4.05. The Balaban J connectivity index is 2.25. The van der Waals surface area contributed by atoms with Crippen LogP contribution in [0.5, 0.6) is 0 Å². The van der Waals surface area contributed by atoms with E-state index < -0.39 is 0 Å². The second kappa shape index (κ2) is 2.22. The summed E-state index contributed by atoms with van der Waals surface area (Å²) in [6, 6.07) is 2.60. The minimum atomic E-state index is -0.130. The minimum absolute atomic E-state index is 0.130. The van der Waals surface area contributed by atoms with Crippen molar-refractivity contribution in [3.63, 3.8) is 0 Å². The molecule has 0 heterocycles. The number of hydrogen-bond donors (Lipinski definition) is 1. The normalized spacial score (nSPS) is 48.7. The molecule has 0 saturated heterocycles. The van der Waals surface area contributed by atoms with E-state index in [0.717, 1.165) is 25.2 Å². The summed E-state index contributed by atoms with van der Waals surface area (Å²) in [6.45, 7) is 0. The topological polar surface area (TPSA) is 49.8 Å². The monoisotopic (exact) mass is 150 g/mol. The highest BCUT2D eigenvalue weighted by Gasteiger charge is 2.46.